The highest BCUT2D eigenvalue weighted by Gasteiger charge is 2.04. The van der Waals surface area contributed by atoms with E-state index in [9.17, 15) is 0 Å². The Hall–Kier alpha value is -0.350. The summed E-state index contributed by atoms with van der Waals surface area (Å²) in [6.07, 6.45) is 1.69. The van der Waals surface area contributed by atoms with Crippen molar-refractivity contribution < 1.29 is 5.11 Å². The van der Waals surface area contributed by atoms with E-state index in [1.54, 1.807) is 6.20 Å². The normalized spacial score (nSPS) is 11.0. The fourth-order valence-corrected chi connectivity index (χ4v) is 0.856. The first-order chi connectivity index (χ1) is 5.24. The van der Waals surface area contributed by atoms with E-state index in [4.69, 9.17) is 10.8 Å². The molecule has 3 nitrogen and oxygen atoms in total. The summed E-state index contributed by atoms with van der Waals surface area (Å²) in [7, 11) is 0. The molecule has 1 aromatic rings. The molecule has 0 fully saturated rings. The second-order valence-electron chi connectivity index (χ2n) is 2.55. The Morgan fingerprint density at radius 3 is 2.62 bits per heavy atom. The molecule has 0 aliphatic rings. The highest BCUT2D eigenvalue weighted by Crippen LogP contribution is 2.06. The number of hydrogen-bond donors (Lipinski definition) is 2. The fraction of sp³-hybridized carbons (Fsp3) is 0.375. The molecule has 0 aliphatic heterocycles. The summed E-state index contributed by atoms with van der Waals surface area (Å²) in [5.41, 5.74) is 7.40. The summed E-state index contributed by atoms with van der Waals surface area (Å²) in [6.45, 7) is 1.91. The van der Waals surface area contributed by atoms with E-state index in [2.05, 4.69) is 4.98 Å². The lowest BCUT2D eigenvalue weighted by Gasteiger charge is -2.06. The van der Waals surface area contributed by atoms with Crippen LogP contribution in [-0.2, 0) is 0 Å². The second-order valence-corrected chi connectivity index (χ2v) is 2.55. The molecule has 1 heterocycles. The van der Waals surface area contributed by atoms with Gasteiger partial charge in [-0.2, -0.15) is 0 Å². The molecule has 0 amide bonds. The van der Waals surface area contributed by atoms with E-state index in [0.717, 1.165) is 11.3 Å². The van der Waals surface area contributed by atoms with Gasteiger partial charge in [0.15, 0.2) is 0 Å². The van der Waals surface area contributed by atoms with Gasteiger partial charge in [-0.05, 0) is 24.6 Å². The first-order valence-corrected chi connectivity index (χ1v) is 3.53. The topological polar surface area (TPSA) is 59.1 Å². The Morgan fingerprint density at radius 1 is 1.54 bits per heavy atom. The minimum atomic E-state index is -0.352. The molecule has 0 unspecified atom stereocenters. The molecular weight excluding hydrogens is 211 g/mol. The summed E-state index contributed by atoms with van der Waals surface area (Å²) in [5, 5.41) is 8.71. The first kappa shape index (κ1) is 15.1. The molecule has 0 saturated carbocycles. The van der Waals surface area contributed by atoms with Gasteiger partial charge in [0.25, 0.3) is 0 Å². The lowest BCUT2D eigenvalue weighted by atomic mass is 10.2. The summed E-state index contributed by atoms with van der Waals surface area (Å²) < 4.78 is 0. The van der Waals surface area contributed by atoms with Crippen LogP contribution in [0.25, 0.3) is 0 Å². The number of aliphatic hydroxyl groups excluding tert-OH is 1. The van der Waals surface area contributed by atoms with E-state index >= 15 is 0 Å². The quantitative estimate of drug-likeness (QED) is 0.795. The van der Waals surface area contributed by atoms with Gasteiger partial charge in [-0.3, -0.25) is 4.98 Å². The average Bonchev–Trinajstić information content (AvgIpc) is 2.03. The predicted molar refractivity (Wildman–Crippen MR) is 57.5 cm³/mol. The number of rotatable bonds is 2. The molecular formula is C8H14Cl2N2O. The van der Waals surface area contributed by atoms with E-state index in [1.807, 2.05) is 19.1 Å². The van der Waals surface area contributed by atoms with Crippen LogP contribution in [-0.4, -0.2) is 16.7 Å². The maximum atomic E-state index is 8.71. The molecule has 1 atom stereocenters. The number of nitrogens with zero attached hydrogens (tertiary/aromatic N) is 1. The van der Waals surface area contributed by atoms with Gasteiger partial charge < -0.3 is 10.8 Å². The Kier molecular flexibility index (Phi) is 8.26. The van der Waals surface area contributed by atoms with Crippen LogP contribution in [0.15, 0.2) is 18.3 Å². The van der Waals surface area contributed by atoms with E-state index < -0.39 is 0 Å². The monoisotopic (exact) mass is 224 g/mol. The molecule has 3 N–H and O–H groups in total. The number of aryl methyl sites for hydroxylation is 1. The Bertz CT molecular complexity index is 245. The third-order valence-electron chi connectivity index (χ3n) is 1.51. The molecule has 0 spiro atoms. The minimum Gasteiger partial charge on any atom is -0.394 e. The van der Waals surface area contributed by atoms with Gasteiger partial charge >= 0.3 is 0 Å². The number of nitrogens with two attached hydrogens (primary N) is 1. The van der Waals surface area contributed by atoms with Crippen molar-refractivity contribution in [2.24, 2.45) is 5.73 Å². The van der Waals surface area contributed by atoms with Gasteiger partial charge in [0, 0.05) is 6.20 Å². The van der Waals surface area contributed by atoms with Gasteiger partial charge in [-0.1, -0.05) is 0 Å². The molecule has 5 heteroatoms. The van der Waals surface area contributed by atoms with Crippen LogP contribution in [0.1, 0.15) is 17.3 Å². The Morgan fingerprint density at radius 2 is 2.15 bits per heavy atom. The van der Waals surface area contributed by atoms with Crippen LogP contribution in [0.3, 0.4) is 0 Å². The van der Waals surface area contributed by atoms with E-state index in [1.165, 1.54) is 0 Å². The lowest BCUT2D eigenvalue weighted by Crippen LogP contribution is -2.15. The fourth-order valence-electron chi connectivity index (χ4n) is 0.856. The number of aliphatic hydroxyl groups is 1. The number of hydrogen-bond acceptors (Lipinski definition) is 3. The summed E-state index contributed by atoms with van der Waals surface area (Å²) >= 11 is 0. The van der Waals surface area contributed by atoms with Crippen molar-refractivity contribution in [3.05, 3.63) is 29.6 Å². The zero-order valence-electron chi connectivity index (χ0n) is 7.30. The summed E-state index contributed by atoms with van der Waals surface area (Å²) in [5.74, 6) is 0. The lowest BCUT2D eigenvalue weighted by molar-refractivity contribution is 0.266. The maximum Gasteiger partial charge on any atom is 0.0705 e. The number of halogens is 2. The zero-order valence-corrected chi connectivity index (χ0v) is 8.94. The second kappa shape index (κ2) is 7.09. The molecule has 0 radical (unpaired) electrons. The van der Waals surface area contributed by atoms with Crippen LogP contribution < -0.4 is 5.73 Å². The van der Waals surface area contributed by atoms with E-state index in [0.29, 0.717) is 0 Å². The third kappa shape index (κ3) is 4.43. The van der Waals surface area contributed by atoms with Gasteiger partial charge in [0.1, 0.15) is 0 Å². The average molecular weight is 225 g/mol. The molecule has 13 heavy (non-hydrogen) atoms. The van der Waals surface area contributed by atoms with Crippen molar-refractivity contribution in [2.45, 2.75) is 13.0 Å². The molecule has 0 saturated heterocycles. The number of pyridine rings is 1. The molecule has 0 aliphatic carbocycles. The smallest absolute Gasteiger partial charge is 0.0705 e. The maximum absolute atomic E-state index is 8.71. The molecule has 1 aromatic heterocycles. The van der Waals surface area contributed by atoms with Crippen molar-refractivity contribution in [1.29, 1.82) is 0 Å². The van der Waals surface area contributed by atoms with Gasteiger partial charge in [-0.15, -0.1) is 24.8 Å². The number of aromatic nitrogens is 1. The third-order valence-corrected chi connectivity index (χ3v) is 1.51. The van der Waals surface area contributed by atoms with Crippen molar-refractivity contribution in [3.8, 4) is 0 Å². The highest BCUT2D eigenvalue weighted by atomic mass is 35.5. The zero-order chi connectivity index (χ0) is 8.27. The van der Waals surface area contributed by atoms with Crippen molar-refractivity contribution in [3.63, 3.8) is 0 Å². The van der Waals surface area contributed by atoms with Crippen molar-refractivity contribution >= 4 is 24.8 Å². The molecule has 0 bridgehead atoms. The molecule has 0 aromatic carbocycles. The largest absolute Gasteiger partial charge is 0.394 e. The van der Waals surface area contributed by atoms with Crippen molar-refractivity contribution in [1.82, 2.24) is 4.98 Å². The van der Waals surface area contributed by atoms with Crippen LogP contribution in [0.2, 0.25) is 0 Å². The van der Waals surface area contributed by atoms with Crippen LogP contribution in [0, 0.1) is 6.92 Å². The Labute approximate surface area is 90.2 Å². The minimum absolute atomic E-state index is 0. The summed E-state index contributed by atoms with van der Waals surface area (Å²) in [4.78, 5) is 4.03. The van der Waals surface area contributed by atoms with Crippen LogP contribution in [0.4, 0.5) is 0 Å². The van der Waals surface area contributed by atoms with Gasteiger partial charge in [0.2, 0.25) is 0 Å². The molecule has 1 rings (SSSR count). The molecule has 76 valence electrons. The summed E-state index contributed by atoms with van der Waals surface area (Å²) in [6, 6.07) is 3.42. The SMILES string of the molecule is Cc1ccnc([C@H](N)CO)c1.Cl.Cl. The van der Waals surface area contributed by atoms with Gasteiger partial charge in [0.05, 0.1) is 18.3 Å². The van der Waals surface area contributed by atoms with E-state index in [-0.39, 0.29) is 37.5 Å². The Balaban J connectivity index is 0. The first-order valence-electron chi connectivity index (χ1n) is 3.53. The standard InChI is InChI=1S/C8H12N2O.2ClH/c1-6-2-3-10-8(4-6)7(9)5-11;;/h2-4,7,11H,5,9H2,1H3;2*1H/t7-;;/m1../s1. The van der Waals surface area contributed by atoms with Gasteiger partial charge in [-0.25, -0.2) is 0 Å². The highest BCUT2D eigenvalue weighted by molar-refractivity contribution is 5.85. The predicted octanol–water partition coefficient (Wildman–Crippen LogP) is 1.23. The van der Waals surface area contributed by atoms with Crippen molar-refractivity contribution in [2.75, 3.05) is 6.61 Å². The van der Waals surface area contributed by atoms with Crippen LogP contribution in [0.5, 0.6) is 0 Å². The van der Waals surface area contributed by atoms with Crippen LogP contribution >= 0.6 is 24.8 Å².